The highest BCUT2D eigenvalue weighted by Gasteiger charge is 2.28. The Morgan fingerprint density at radius 3 is 2.88 bits per heavy atom. The van der Waals surface area contributed by atoms with Gasteiger partial charge < -0.3 is 11.1 Å². The summed E-state index contributed by atoms with van der Waals surface area (Å²) in [6.45, 7) is 0.627. The van der Waals surface area contributed by atoms with Gasteiger partial charge >= 0.3 is 0 Å². The molecular formula is C20H21N3O. The van der Waals surface area contributed by atoms with Crippen LogP contribution in [-0.4, -0.2) is 23.5 Å². The smallest absolute Gasteiger partial charge is 0.253 e. The molecule has 122 valence electrons. The van der Waals surface area contributed by atoms with Crippen molar-refractivity contribution in [2.24, 2.45) is 11.7 Å². The Labute approximate surface area is 141 Å². The maximum absolute atomic E-state index is 12.9. The van der Waals surface area contributed by atoms with E-state index in [1.54, 1.807) is 6.20 Å². The van der Waals surface area contributed by atoms with Crippen LogP contribution in [0.1, 0.15) is 29.6 Å². The quantitative estimate of drug-likeness (QED) is 0.728. The Kier molecular flexibility index (Phi) is 3.90. The summed E-state index contributed by atoms with van der Waals surface area (Å²) in [7, 11) is 0. The van der Waals surface area contributed by atoms with Gasteiger partial charge in [-0.25, -0.2) is 0 Å². The first-order valence-corrected chi connectivity index (χ1v) is 8.55. The van der Waals surface area contributed by atoms with Crippen LogP contribution in [0, 0.1) is 5.92 Å². The Morgan fingerprint density at radius 1 is 1.17 bits per heavy atom. The first kappa shape index (κ1) is 15.1. The van der Waals surface area contributed by atoms with Gasteiger partial charge in [0, 0.05) is 17.6 Å². The summed E-state index contributed by atoms with van der Waals surface area (Å²) in [6.07, 6.45) is 4.97. The molecule has 0 radical (unpaired) electrons. The van der Waals surface area contributed by atoms with Crippen LogP contribution in [0.25, 0.3) is 21.7 Å². The number of benzene rings is 2. The maximum atomic E-state index is 12.9. The minimum atomic E-state index is -0.0465. The van der Waals surface area contributed by atoms with Gasteiger partial charge in [-0.15, -0.1) is 0 Å². The van der Waals surface area contributed by atoms with Crippen molar-refractivity contribution >= 4 is 27.6 Å². The molecule has 1 aliphatic carbocycles. The lowest BCUT2D eigenvalue weighted by Gasteiger charge is -2.20. The lowest BCUT2D eigenvalue weighted by Crippen LogP contribution is -2.40. The lowest BCUT2D eigenvalue weighted by molar-refractivity contribution is 0.0930. The molecule has 0 aliphatic heterocycles. The Balaban J connectivity index is 1.78. The summed E-state index contributed by atoms with van der Waals surface area (Å²) in [5.74, 6) is 0.337. The van der Waals surface area contributed by atoms with E-state index >= 15 is 0 Å². The van der Waals surface area contributed by atoms with Gasteiger partial charge in [-0.2, -0.15) is 0 Å². The summed E-state index contributed by atoms with van der Waals surface area (Å²) in [6, 6.07) is 14.2. The second-order valence-electron chi connectivity index (χ2n) is 6.55. The minimum absolute atomic E-state index is 0.0465. The average Bonchev–Trinajstić information content (AvgIpc) is 3.08. The Hall–Kier alpha value is -2.46. The molecule has 0 bridgehead atoms. The molecule has 1 heterocycles. The summed E-state index contributed by atoms with van der Waals surface area (Å²) in [4.78, 5) is 17.4. The van der Waals surface area contributed by atoms with Crippen LogP contribution in [-0.2, 0) is 0 Å². The minimum Gasteiger partial charge on any atom is -0.349 e. The number of fused-ring (bicyclic) bond motifs is 3. The van der Waals surface area contributed by atoms with E-state index in [1.807, 2.05) is 36.4 Å². The number of aromatic nitrogens is 1. The summed E-state index contributed by atoms with van der Waals surface area (Å²) < 4.78 is 0. The molecule has 4 nitrogen and oxygen atoms in total. The van der Waals surface area contributed by atoms with E-state index in [2.05, 4.69) is 16.4 Å². The summed E-state index contributed by atoms with van der Waals surface area (Å²) >= 11 is 0. The van der Waals surface area contributed by atoms with Crippen molar-refractivity contribution in [3.8, 4) is 0 Å². The fraction of sp³-hybridized carbons (Fsp3) is 0.300. The van der Waals surface area contributed by atoms with Gasteiger partial charge in [0.05, 0.1) is 11.1 Å². The van der Waals surface area contributed by atoms with Crippen molar-refractivity contribution in [2.45, 2.75) is 25.3 Å². The van der Waals surface area contributed by atoms with Crippen molar-refractivity contribution in [3.05, 3.63) is 54.2 Å². The molecule has 0 saturated heterocycles. The number of hydrogen-bond donors (Lipinski definition) is 2. The molecule has 4 heteroatoms. The third-order valence-electron chi connectivity index (χ3n) is 5.14. The van der Waals surface area contributed by atoms with Crippen LogP contribution < -0.4 is 11.1 Å². The SMILES string of the molecule is NCC1CCCC1NC(=O)c1cc2ccccc2c2cccnc12. The molecule has 2 aromatic carbocycles. The number of nitrogens with zero attached hydrogens (tertiary/aromatic N) is 1. The van der Waals surface area contributed by atoms with E-state index in [0.29, 0.717) is 18.0 Å². The zero-order chi connectivity index (χ0) is 16.5. The number of carbonyl (C=O) groups is 1. The highest BCUT2D eigenvalue weighted by atomic mass is 16.1. The number of nitrogens with one attached hydrogen (secondary N) is 1. The van der Waals surface area contributed by atoms with E-state index in [-0.39, 0.29) is 11.9 Å². The first-order valence-electron chi connectivity index (χ1n) is 8.55. The highest BCUT2D eigenvalue weighted by Crippen LogP contribution is 2.29. The first-order chi connectivity index (χ1) is 11.8. The number of rotatable bonds is 3. The van der Waals surface area contributed by atoms with E-state index in [9.17, 15) is 4.79 Å². The van der Waals surface area contributed by atoms with Crippen LogP contribution >= 0.6 is 0 Å². The maximum Gasteiger partial charge on any atom is 0.253 e. The standard InChI is InChI=1S/C20H21N3O/c21-12-14-6-3-9-18(14)23-20(24)17-11-13-5-1-2-7-15(13)16-8-4-10-22-19(16)17/h1-2,4-5,7-8,10-11,14,18H,3,6,9,12,21H2,(H,23,24). The van der Waals surface area contributed by atoms with Crippen molar-refractivity contribution in [3.63, 3.8) is 0 Å². The van der Waals surface area contributed by atoms with Crippen LogP contribution in [0.2, 0.25) is 0 Å². The monoisotopic (exact) mass is 319 g/mol. The third-order valence-corrected chi connectivity index (χ3v) is 5.14. The van der Waals surface area contributed by atoms with Gasteiger partial charge in [-0.3, -0.25) is 9.78 Å². The molecule has 1 saturated carbocycles. The number of amides is 1. The summed E-state index contributed by atoms with van der Waals surface area (Å²) in [5, 5.41) is 6.39. The van der Waals surface area contributed by atoms with Gasteiger partial charge in [0.2, 0.25) is 0 Å². The number of nitrogens with two attached hydrogens (primary N) is 1. The zero-order valence-corrected chi connectivity index (χ0v) is 13.5. The van der Waals surface area contributed by atoms with Crippen LogP contribution in [0.4, 0.5) is 0 Å². The molecule has 2 atom stereocenters. The fourth-order valence-corrected chi connectivity index (χ4v) is 3.86. The second-order valence-corrected chi connectivity index (χ2v) is 6.55. The highest BCUT2D eigenvalue weighted by molar-refractivity contribution is 6.15. The van der Waals surface area contributed by atoms with Gasteiger partial charge in [-0.05, 0) is 48.2 Å². The van der Waals surface area contributed by atoms with Crippen molar-refractivity contribution in [1.29, 1.82) is 0 Å². The Morgan fingerprint density at radius 2 is 2.00 bits per heavy atom. The number of hydrogen-bond acceptors (Lipinski definition) is 3. The van der Waals surface area contributed by atoms with Gasteiger partial charge in [0.25, 0.3) is 5.91 Å². The van der Waals surface area contributed by atoms with Gasteiger partial charge in [0.15, 0.2) is 0 Å². The lowest BCUT2D eigenvalue weighted by atomic mass is 9.99. The largest absolute Gasteiger partial charge is 0.349 e. The Bertz CT molecular complexity index is 906. The third kappa shape index (κ3) is 2.53. The van der Waals surface area contributed by atoms with Crippen molar-refractivity contribution in [2.75, 3.05) is 6.54 Å². The molecule has 2 unspecified atom stereocenters. The second kappa shape index (κ2) is 6.21. The predicted molar refractivity (Wildman–Crippen MR) is 96.9 cm³/mol. The molecule has 0 spiro atoms. The average molecular weight is 319 g/mol. The fourth-order valence-electron chi connectivity index (χ4n) is 3.86. The molecule has 3 aromatic rings. The van der Waals surface area contributed by atoms with Crippen molar-refractivity contribution in [1.82, 2.24) is 10.3 Å². The zero-order valence-electron chi connectivity index (χ0n) is 13.5. The van der Waals surface area contributed by atoms with Gasteiger partial charge in [-0.1, -0.05) is 36.8 Å². The molecule has 1 fully saturated rings. The van der Waals surface area contributed by atoms with Gasteiger partial charge in [0.1, 0.15) is 0 Å². The molecular weight excluding hydrogens is 298 g/mol. The molecule has 24 heavy (non-hydrogen) atoms. The normalized spacial score (nSPS) is 20.5. The molecule has 1 amide bonds. The molecule has 3 N–H and O–H groups in total. The van der Waals surface area contributed by atoms with E-state index < -0.39 is 0 Å². The van der Waals surface area contributed by atoms with E-state index in [1.165, 1.54) is 0 Å². The number of carbonyl (C=O) groups excluding carboxylic acids is 1. The van der Waals surface area contributed by atoms with Crippen LogP contribution in [0.15, 0.2) is 48.7 Å². The van der Waals surface area contributed by atoms with Crippen LogP contribution in [0.5, 0.6) is 0 Å². The van der Waals surface area contributed by atoms with Crippen LogP contribution in [0.3, 0.4) is 0 Å². The van der Waals surface area contributed by atoms with Crippen molar-refractivity contribution < 1.29 is 4.79 Å². The topological polar surface area (TPSA) is 68.0 Å². The number of pyridine rings is 1. The van der Waals surface area contributed by atoms with E-state index in [0.717, 1.165) is 40.9 Å². The molecule has 4 rings (SSSR count). The van der Waals surface area contributed by atoms with E-state index in [4.69, 9.17) is 5.73 Å². The molecule has 1 aromatic heterocycles. The molecule has 1 aliphatic rings. The summed E-state index contributed by atoms with van der Waals surface area (Å²) in [5.41, 5.74) is 7.25. The predicted octanol–water partition coefficient (Wildman–Crippen LogP) is 3.25.